The van der Waals surface area contributed by atoms with Gasteiger partial charge in [-0.05, 0) is 37.1 Å². The number of amides is 2. The van der Waals surface area contributed by atoms with E-state index < -0.39 is 39.0 Å². The van der Waals surface area contributed by atoms with Crippen LogP contribution in [0.25, 0.3) is 0 Å². The van der Waals surface area contributed by atoms with Crippen molar-refractivity contribution in [3.63, 3.8) is 0 Å². The van der Waals surface area contributed by atoms with E-state index in [-0.39, 0.29) is 52.5 Å². The number of nitrogens with zero attached hydrogens (tertiary/aromatic N) is 3. The number of carbonyl (C=O) groups is 3. The number of sulfonamides is 1. The molecule has 0 saturated heterocycles. The number of nitro groups is 1. The van der Waals surface area contributed by atoms with E-state index in [4.69, 9.17) is 5.11 Å². The molecule has 37 heavy (non-hydrogen) atoms. The number of rotatable bonds is 10. The third kappa shape index (κ3) is 5.76. The van der Waals surface area contributed by atoms with Crippen molar-refractivity contribution in [2.24, 2.45) is 0 Å². The fourth-order valence-electron chi connectivity index (χ4n) is 3.99. The van der Waals surface area contributed by atoms with E-state index in [0.717, 1.165) is 10.4 Å². The molecule has 0 spiro atoms. The molecule has 0 saturated carbocycles. The summed E-state index contributed by atoms with van der Waals surface area (Å²) in [6.07, 6.45) is 0.0825. The summed E-state index contributed by atoms with van der Waals surface area (Å²) in [5.41, 5.74) is -0.343. The molecular weight excluding hydrogens is 508 g/mol. The minimum Gasteiger partial charge on any atom is -0.478 e. The second-order valence-electron chi connectivity index (χ2n) is 8.24. The highest BCUT2D eigenvalue weighted by atomic mass is 32.2. The fourth-order valence-corrected chi connectivity index (χ4v) is 5.25. The second kappa shape index (κ2) is 10.8. The number of carboxylic acid groups (broad SMARTS) is 2. The van der Waals surface area contributed by atoms with E-state index in [2.05, 4.69) is 5.32 Å². The highest BCUT2D eigenvalue weighted by Crippen LogP contribution is 2.35. The summed E-state index contributed by atoms with van der Waals surface area (Å²) in [6.45, 7) is 1.24. The van der Waals surface area contributed by atoms with Crippen molar-refractivity contribution < 1.29 is 37.9 Å². The van der Waals surface area contributed by atoms with Crippen molar-refractivity contribution in [3.05, 3.63) is 81.0 Å². The van der Waals surface area contributed by atoms with Crippen LogP contribution in [-0.2, 0) is 14.8 Å². The minimum absolute atomic E-state index is 0.0825. The molecule has 1 aliphatic heterocycles. The molecule has 14 heteroatoms. The monoisotopic (exact) mass is 532 g/mol. The molecule has 0 aromatic heterocycles. The van der Waals surface area contributed by atoms with E-state index in [1.54, 1.807) is 0 Å². The van der Waals surface area contributed by atoms with Crippen molar-refractivity contribution in [1.82, 2.24) is 14.5 Å². The zero-order valence-corrected chi connectivity index (χ0v) is 20.6. The van der Waals surface area contributed by atoms with Crippen LogP contribution < -0.4 is 5.32 Å². The summed E-state index contributed by atoms with van der Waals surface area (Å²) in [5.74, 6) is -2.60. The van der Waals surface area contributed by atoms with E-state index >= 15 is 0 Å². The van der Waals surface area contributed by atoms with Crippen LogP contribution >= 0.6 is 0 Å². The largest absolute Gasteiger partial charge is 0.478 e. The zero-order chi connectivity index (χ0) is 27.5. The average molecular weight is 533 g/mol. The Balaban J connectivity index is 1.86. The van der Waals surface area contributed by atoms with Gasteiger partial charge >= 0.3 is 18.0 Å². The maximum atomic E-state index is 12.9. The van der Waals surface area contributed by atoms with Gasteiger partial charge in [0, 0.05) is 38.0 Å². The Labute approximate surface area is 211 Å². The average Bonchev–Trinajstić information content (AvgIpc) is 2.84. The van der Waals surface area contributed by atoms with Gasteiger partial charge < -0.3 is 20.4 Å². The van der Waals surface area contributed by atoms with E-state index in [0.29, 0.717) is 0 Å². The number of nitrogens with one attached hydrogen (secondary N) is 1. The molecule has 196 valence electrons. The molecule has 0 fully saturated rings. The van der Waals surface area contributed by atoms with Crippen LogP contribution in [-0.4, -0.2) is 70.9 Å². The van der Waals surface area contributed by atoms with E-state index in [1.807, 2.05) is 0 Å². The molecule has 1 aliphatic rings. The van der Waals surface area contributed by atoms with Gasteiger partial charge in [-0.15, -0.1) is 0 Å². The molecule has 2 aromatic carbocycles. The van der Waals surface area contributed by atoms with E-state index in [1.165, 1.54) is 61.3 Å². The fraction of sp³-hybridized carbons (Fsp3) is 0.261. The molecule has 13 nitrogen and oxygen atoms in total. The van der Waals surface area contributed by atoms with Crippen molar-refractivity contribution in [2.75, 3.05) is 20.1 Å². The van der Waals surface area contributed by atoms with Gasteiger partial charge in [-0.2, -0.15) is 0 Å². The highest BCUT2D eigenvalue weighted by Gasteiger charge is 2.38. The summed E-state index contributed by atoms with van der Waals surface area (Å²) < 4.78 is 26.8. The maximum Gasteiger partial charge on any atom is 0.335 e. The predicted molar refractivity (Wildman–Crippen MR) is 129 cm³/mol. The van der Waals surface area contributed by atoms with Gasteiger partial charge in [0.1, 0.15) is 0 Å². The van der Waals surface area contributed by atoms with Crippen molar-refractivity contribution in [1.29, 1.82) is 0 Å². The molecule has 0 aliphatic carbocycles. The topological polar surface area (TPSA) is 187 Å². The molecule has 2 aromatic rings. The van der Waals surface area contributed by atoms with Gasteiger partial charge in [-0.3, -0.25) is 10.1 Å². The third-order valence-electron chi connectivity index (χ3n) is 5.83. The van der Waals surface area contributed by atoms with Gasteiger partial charge in [0.05, 0.1) is 27.0 Å². The lowest BCUT2D eigenvalue weighted by Gasteiger charge is -2.37. The molecule has 1 heterocycles. The zero-order valence-electron chi connectivity index (χ0n) is 19.8. The first-order chi connectivity index (χ1) is 17.3. The van der Waals surface area contributed by atoms with Gasteiger partial charge in [-0.1, -0.05) is 18.2 Å². The molecular formula is C23H24N4O9S. The number of urea groups is 1. The normalized spacial score (nSPS) is 16.0. The van der Waals surface area contributed by atoms with Crippen LogP contribution in [0, 0.1) is 10.1 Å². The molecule has 0 bridgehead atoms. The van der Waals surface area contributed by atoms with Crippen LogP contribution in [0.3, 0.4) is 0 Å². The first-order valence-corrected chi connectivity index (χ1v) is 12.3. The van der Waals surface area contributed by atoms with E-state index in [9.17, 15) is 38.0 Å². The number of carboxylic acids is 2. The lowest BCUT2D eigenvalue weighted by molar-refractivity contribution is -0.384. The minimum atomic E-state index is -4.05. The number of carbonyl (C=O) groups excluding carboxylic acids is 1. The van der Waals surface area contributed by atoms with Crippen molar-refractivity contribution >= 4 is 33.7 Å². The lowest BCUT2D eigenvalue weighted by atomic mass is 9.93. The summed E-state index contributed by atoms with van der Waals surface area (Å²) in [6, 6.07) is 8.39. The Morgan fingerprint density at radius 2 is 1.81 bits per heavy atom. The molecule has 3 rings (SSSR count). The number of hydrogen-bond donors (Lipinski definition) is 3. The highest BCUT2D eigenvalue weighted by molar-refractivity contribution is 7.89. The van der Waals surface area contributed by atoms with Gasteiger partial charge in [0.15, 0.2) is 0 Å². The van der Waals surface area contributed by atoms with Crippen LogP contribution in [0.15, 0.2) is 64.7 Å². The van der Waals surface area contributed by atoms with Gasteiger partial charge in [0.25, 0.3) is 5.69 Å². The number of non-ortho nitro benzene ring substituents is 1. The van der Waals surface area contributed by atoms with Crippen molar-refractivity contribution in [2.45, 2.75) is 24.3 Å². The molecule has 1 atom stereocenters. The van der Waals surface area contributed by atoms with Crippen LogP contribution in [0.5, 0.6) is 0 Å². The first kappa shape index (κ1) is 27.3. The third-order valence-corrected chi connectivity index (χ3v) is 7.69. The van der Waals surface area contributed by atoms with Crippen LogP contribution in [0.1, 0.15) is 35.3 Å². The van der Waals surface area contributed by atoms with Crippen LogP contribution in [0.2, 0.25) is 0 Å². The van der Waals surface area contributed by atoms with Crippen molar-refractivity contribution in [3.8, 4) is 0 Å². The molecule has 0 radical (unpaired) electrons. The Bertz CT molecular complexity index is 1400. The molecule has 2 amide bonds. The quantitative estimate of drug-likeness (QED) is 0.305. The Morgan fingerprint density at radius 3 is 2.43 bits per heavy atom. The first-order valence-electron chi connectivity index (χ1n) is 10.9. The maximum absolute atomic E-state index is 12.9. The molecule has 3 N–H and O–H groups in total. The van der Waals surface area contributed by atoms with Crippen LogP contribution in [0.4, 0.5) is 10.5 Å². The number of benzene rings is 2. The predicted octanol–water partition coefficient (Wildman–Crippen LogP) is 2.43. The SMILES string of the molecule is CC1=C(C(=O)O)C(c2cccc([N+](=O)[O-])c2)N(CCCN(C)S(=O)(=O)c2cccc(C(=O)O)c2)C(=O)N1. The summed E-state index contributed by atoms with van der Waals surface area (Å²) in [4.78, 5) is 47.7. The summed E-state index contributed by atoms with van der Waals surface area (Å²) >= 11 is 0. The Hall–Kier alpha value is -4.30. The van der Waals surface area contributed by atoms with Gasteiger partial charge in [0.2, 0.25) is 10.0 Å². The Kier molecular flexibility index (Phi) is 7.93. The standard InChI is InChI=1S/C23H24N4O9S/c1-14-19(22(30)31)20(15-6-3-8-17(12-15)27(33)34)26(23(32)24-14)11-5-10-25(2)37(35,36)18-9-4-7-16(13-18)21(28)29/h3-4,6-9,12-13,20H,5,10-11H2,1-2H3,(H,24,32)(H,28,29)(H,30,31). The summed E-state index contributed by atoms with van der Waals surface area (Å²) in [7, 11) is -2.76. The Morgan fingerprint density at radius 1 is 1.14 bits per heavy atom. The molecule has 1 unspecified atom stereocenters. The smallest absolute Gasteiger partial charge is 0.335 e. The second-order valence-corrected chi connectivity index (χ2v) is 10.3. The number of aromatic carboxylic acids is 1. The number of allylic oxidation sites excluding steroid dienone is 1. The lowest BCUT2D eigenvalue weighted by Crippen LogP contribution is -2.49. The summed E-state index contributed by atoms with van der Waals surface area (Å²) in [5, 5.41) is 32.7. The number of nitro benzene ring substituents is 1. The number of aliphatic carboxylic acids is 1. The van der Waals surface area contributed by atoms with Gasteiger partial charge in [-0.25, -0.2) is 27.1 Å². The number of hydrogen-bond acceptors (Lipinski definition) is 7.